The highest BCUT2D eigenvalue weighted by Gasteiger charge is 2.40. The van der Waals surface area contributed by atoms with E-state index >= 15 is 0 Å². The van der Waals surface area contributed by atoms with E-state index in [1.807, 2.05) is 27.7 Å². The third-order valence-electron chi connectivity index (χ3n) is 6.12. The topological polar surface area (TPSA) is 151 Å². The van der Waals surface area contributed by atoms with Crippen molar-refractivity contribution in [2.24, 2.45) is 17.4 Å². The zero-order chi connectivity index (χ0) is 28.8. The van der Waals surface area contributed by atoms with Crippen molar-refractivity contribution < 1.29 is 28.7 Å². The van der Waals surface area contributed by atoms with Gasteiger partial charge in [0.25, 0.3) is 0 Å². The fourth-order valence-corrected chi connectivity index (χ4v) is 3.78. The van der Waals surface area contributed by atoms with E-state index < -0.39 is 41.6 Å². The molecule has 2 aromatic carbocycles. The average Bonchev–Trinajstić information content (AvgIpc) is 2.83. The maximum atomic E-state index is 12.5. The van der Waals surface area contributed by atoms with E-state index in [4.69, 9.17) is 32.5 Å². The summed E-state index contributed by atoms with van der Waals surface area (Å²) in [5.74, 6) is -0.818. The summed E-state index contributed by atoms with van der Waals surface area (Å²) in [7, 11) is 0. The Bertz CT molecular complexity index is 1200. The van der Waals surface area contributed by atoms with E-state index in [2.05, 4.69) is 5.32 Å². The van der Waals surface area contributed by atoms with Gasteiger partial charge in [-0.2, -0.15) is 0 Å². The first-order valence-electron chi connectivity index (χ1n) is 12.3. The van der Waals surface area contributed by atoms with Crippen molar-refractivity contribution >= 4 is 35.2 Å². The van der Waals surface area contributed by atoms with Crippen LogP contribution in [0.4, 0.5) is 0 Å². The second-order valence-corrected chi connectivity index (χ2v) is 10.5. The number of carbonyl (C=O) groups is 4. The van der Waals surface area contributed by atoms with Gasteiger partial charge in [-0.3, -0.25) is 14.4 Å². The van der Waals surface area contributed by atoms with Gasteiger partial charge in [0.15, 0.2) is 5.78 Å². The summed E-state index contributed by atoms with van der Waals surface area (Å²) in [5.41, 5.74) is 11.9. The minimum absolute atomic E-state index is 0.0409. The van der Waals surface area contributed by atoms with Crippen molar-refractivity contribution in [1.29, 1.82) is 0 Å². The van der Waals surface area contributed by atoms with Crippen LogP contribution in [0.1, 0.15) is 67.8 Å². The van der Waals surface area contributed by atoms with Gasteiger partial charge < -0.3 is 26.3 Å². The van der Waals surface area contributed by atoms with E-state index in [-0.39, 0.29) is 11.7 Å². The molecule has 5 N–H and O–H groups in total. The zero-order valence-corrected chi connectivity index (χ0v) is 23.3. The number of esters is 1. The van der Waals surface area contributed by atoms with Gasteiger partial charge in [-0.15, -0.1) is 0 Å². The van der Waals surface area contributed by atoms with E-state index in [1.165, 1.54) is 13.0 Å². The van der Waals surface area contributed by atoms with Gasteiger partial charge in [-0.1, -0.05) is 31.5 Å². The van der Waals surface area contributed by atoms with Gasteiger partial charge in [0.1, 0.15) is 23.5 Å². The number of hydrogen-bond acceptors (Lipinski definition) is 7. The van der Waals surface area contributed by atoms with Crippen molar-refractivity contribution in [2.45, 2.75) is 71.8 Å². The number of hydrogen-bond donors (Lipinski definition) is 3. The van der Waals surface area contributed by atoms with Gasteiger partial charge in [-0.25, -0.2) is 4.79 Å². The Kier molecular flexibility index (Phi) is 10.4. The van der Waals surface area contributed by atoms with E-state index in [0.29, 0.717) is 28.3 Å². The molecule has 2 amide bonds. The molecule has 1 heterocycles. The molecule has 0 radical (unpaired) electrons. The summed E-state index contributed by atoms with van der Waals surface area (Å²) in [4.78, 5) is 46.8. The first kappa shape index (κ1) is 30.8. The van der Waals surface area contributed by atoms with E-state index in [0.717, 1.165) is 5.56 Å². The number of halogens is 1. The van der Waals surface area contributed by atoms with Crippen LogP contribution in [0.2, 0.25) is 5.02 Å². The lowest BCUT2D eigenvalue weighted by Crippen LogP contribution is -2.53. The molecule has 1 unspecified atom stereocenters. The number of rotatable bonds is 7. The molecule has 9 nitrogen and oxygen atoms in total. The molecule has 206 valence electrons. The van der Waals surface area contributed by atoms with Crippen molar-refractivity contribution in [3.63, 3.8) is 0 Å². The van der Waals surface area contributed by atoms with Crippen LogP contribution in [0, 0.1) is 5.92 Å². The standard InChI is InChI=1S/C21H30N2O5.C7H6ClNO/c1-11(2)18(22)19(25)23-12(3)20(26)27-17-10-15-9-14(13(4)24)7-8-16(15)28-21(17,5)6;8-6-3-1-2-5(4-6)7(9)10/h7-9,11-12,17-18H,10,22H2,1-6H3,(H,23,25);1-4H,(H2,9,10)/t12-,17+,18?;/m0./s1. The Labute approximate surface area is 228 Å². The Morgan fingerprint density at radius 1 is 1.08 bits per heavy atom. The molecule has 0 aromatic heterocycles. The predicted molar refractivity (Wildman–Crippen MR) is 145 cm³/mol. The fourth-order valence-electron chi connectivity index (χ4n) is 3.59. The Morgan fingerprint density at radius 3 is 2.26 bits per heavy atom. The highest BCUT2D eigenvalue weighted by atomic mass is 35.5. The van der Waals surface area contributed by atoms with Crippen LogP contribution in [0.15, 0.2) is 42.5 Å². The van der Waals surface area contributed by atoms with Gasteiger partial charge in [0, 0.05) is 22.6 Å². The maximum Gasteiger partial charge on any atom is 0.328 e. The van der Waals surface area contributed by atoms with Crippen molar-refractivity contribution in [2.75, 3.05) is 0 Å². The highest BCUT2D eigenvalue weighted by molar-refractivity contribution is 6.30. The number of nitrogens with two attached hydrogens (primary N) is 2. The molecule has 0 fully saturated rings. The minimum Gasteiger partial charge on any atom is -0.484 e. The van der Waals surface area contributed by atoms with Crippen molar-refractivity contribution in [1.82, 2.24) is 5.32 Å². The normalized spacial score (nSPS) is 17.0. The van der Waals surface area contributed by atoms with Crippen LogP contribution < -0.4 is 21.5 Å². The Balaban J connectivity index is 0.000000423. The quantitative estimate of drug-likeness (QED) is 0.356. The molecule has 0 saturated heterocycles. The largest absolute Gasteiger partial charge is 0.484 e. The van der Waals surface area contributed by atoms with Gasteiger partial charge >= 0.3 is 5.97 Å². The summed E-state index contributed by atoms with van der Waals surface area (Å²) < 4.78 is 11.7. The number of ether oxygens (including phenoxy) is 2. The fraction of sp³-hybridized carbons (Fsp3) is 0.429. The van der Waals surface area contributed by atoms with Crippen LogP contribution in [0.5, 0.6) is 5.75 Å². The molecular formula is C28H36ClN3O6. The van der Waals surface area contributed by atoms with Crippen LogP contribution >= 0.6 is 11.6 Å². The third-order valence-corrected chi connectivity index (χ3v) is 6.36. The number of primary amides is 1. The molecule has 38 heavy (non-hydrogen) atoms. The lowest BCUT2D eigenvalue weighted by Gasteiger charge is -2.39. The predicted octanol–water partition coefficient (Wildman–Crippen LogP) is 3.44. The van der Waals surface area contributed by atoms with Crippen LogP contribution in [0.3, 0.4) is 0 Å². The van der Waals surface area contributed by atoms with Crippen LogP contribution in [-0.2, 0) is 20.7 Å². The lowest BCUT2D eigenvalue weighted by molar-refractivity contribution is -0.164. The molecule has 1 aliphatic rings. The number of nitrogens with one attached hydrogen (secondary N) is 1. The maximum absolute atomic E-state index is 12.5. The van der Waals surface area contributed by atoms with Gasteiger partial charge in [-0.05, 0) is 75.6 Å². The first-order valence-corrected chi connectivity index (χ1v) is 12.6. The summed E-state index contributed by atoms with van der Waals surface area (Å²) in [5, 5.41) is 3.12. The second-order valence-electron chi connectivity index (χ2n) is 10.1. The summed E-state index contributed by atoms with van der Waals surface area (Å²) in [6.07, 6.45) is -0.144. The number of fused-ring (bicyclic) bond motifs is 1. The summed E-state index contributed by atoms with van der Waals surface area (Å²) in [6, 6.07) is 10.2. The Hall–Kier alpha value is -3.43. The zero-order valence-electron chi connectivity index (χ0n) is 22.5. The number of amides is 2. The summed E-state index contributed by atoms with van der Waals surface area (Å²) >= 11 is 5.58. The van der Waals surface area contributed by atoms with Crippen LogP contribution in [-0.4, -0.2) is 47.4 Å². The van der Waals surface area contributed by atoms with Crippen LogP contribution in [0.25, 0.3) is 0 Å². The SMILES string of the molecule is CC(=O)c1ccc2c(c1)C[C@@H](OC(=O)[C@H](C)NC(=O)C(N)C(C)C)C(C)(C)O2.NC(=O)c1cccc(Cl)c1. The minimum atomic E-state index is -0.835. The average molecular weight is 546 g/mol. The number of ketones is 1. The Morgan fingerprint density at radius 2 is 1.74 bits per heavy atom. The second kappa shape index (κ2) is 12.9. The third kappa shape index (κ3) is 8.29. The first-order chi connectivity index (χ1) is 17.6. The molecule has 0 spiro atoms. The van der Waals surface area contributed by atoms with Crippen molar-refractivity contribution in [3.8, 4) is 5.75 Å². The molecule has 0 bridgehead atoms. The smallest absolute Gasteiger partial charge is 0.328 e. The number of Topliss-reactive ketones (excluding diaryl/α,β-unsaturated/α-hetero) is 1. The molecule has 0 aliphatic carbocycles. The number of carbonyl (C=O) groups excluding carboxylic acids is 4. The molecular weight excluding hydrogens is 510 g/mol. The molecule has 0 saturated carbocycles. The summed E-state index contributed by atoms with van der Waals surface area (Å²) in [6.45, 7) is 10.4. The monoisotopic (exact) mass is 545 g/mol. The molecule has 10 heteroatoms. The van der Waals surface area contributed by atoms with E-state index in [9.17, 15) is 19.2 Å². The molecule has 2 aromatic rings. The molecule has 1 aliphatic heterocycles. The van der Waals surface area contributed by atoms with Gasteiger partial charge in [0.2, 0.25) is 11.8 Å². The molecule has 3 atom stereocenters. The lowest BCUT2D eigenvalue weighted by atomic mass is 9.89. The molecule has 3 rings (SSSR count). The number of benzene rings is 2. The van der Waals surface area contributed by atoms with Crippen molar-refractivity contribution in [3.05, 3.63) is 64.2 Å². The van der Waals surface area contributed by atoms with Gasteiger partial charge in [0.05, 0.1) is 6.04 Å². The highest BCUT2D eigenvalue weighted by Crippen LogP contribution is 2.35. The van der Waals surface area contributed by atoms with E-state index in [1.54, 1.807) is 43.3 Å².